The first-order valence-corrected chi connectivity index (χ1v) is 8.37. The standard InChI is InChI=1S/C18H28N2O2/c1-3-18(4-2,11-12-21)13-19-17(22)20-16-10-9-14-7-5-6-8-15(14)16/h5-8,16,21H,3-4,9-13H2,1-2H3,(H2,19,20,22). The summed E-state index contributed by atoms with van der Waals surface area (Å²) < 4.78 is 0. The molecule has 0 saturated heterocycles. The highest BCUT2D eigenvalue weighted by Gasteiger charge is 2.27. The number of aliphatic hydroxyl groups is 1. The van der Waals surface area contributed by atoms with Gasteiger partial charge in [0.1, 0.15) is 0 Å². The lowest BCUT2D eigenvalue weighted by Gasteiger charge is -2.31. The molecule has 2 rings (SSSR count). The summed E-state index contributed by atoms with van der Waals surface area (Å²) in [5, 5.41) is 15.3. The van der Waals surface area contributed by atoms with Crippen LogP contribution in [-0.4, -0.2) is 24.3 Å². The summed E-state index contributed by atoms with van der Waals surface area (Å²) in [5.74, 6) is 0. The van der Waals surface area contributed by atoms with Crippen LogP contribution in [0.3, 0.4) is 0 Å². The minimum Gasteiger partial charge on any atom is -0.396 e. The molecule has 4 heteroatoms. The van der Waals surface area contributed by atoms with Crippen LogP contribution >= 0.6 is 0 Å². The van der Waals surface area contributed by atoms with Crippen LogP contribution in [-0.2, 0) is 6.42 Å². The minimum absolute atomic E-state index is 0.000324. The fraction of sp³-hybridized carbons (Fsp3) is 0.611. The lowest BCUT2D eigenvalue weighted by atomic mass is 9.79. The maximum atomic E-state index is 12.2. The molecule has 0 bridgehead atoms. The van der Waals surface area contributed by atoms with Gasteiger partial charge in [-0.05, 0) is 48.6 Å². The van der Waals surface area contributed by atoms with Gasteiger partial charge in [-0.15, -0.1) is 0 Å². The van der Waals surface area contributed by atoms with Gasteiger partial charge in [0.25, 0.3) is 0 Å². The number of rotatable bonds is 7. The fourth-order valence-corrected chi connectivity index (χ4v) is 3.36. The van der Waals surface area contributed by atoms with Crippen LogP contribution in [0.25, 0.3) is 0 Å². The van der Waals surface area contributed by atoms with E-state index in [1.807, 2.05) is 12.1 Å². The number of hydrogen-bond donors (Lipinski definition) is 3. The first-order chi connectivity index (χ1) is 10.6. The van der Waals surface area contributed by atoms with E-state index in [9.17, 15) is 9.90 Å². The van der Waals surface area contributed by atoms with Gasteiger partial charge in [0.05, 0.1) is 6.04 Å². The van der Waals surface area contributed by atoms with Crippen LogP contribution in [0.15, 0.2) is 24.3 Å². The Morgan fingerprint density at radius 3 is 2.73 bits per heavy atom. The van der Waals surface area contributed by atoms with E-state index >= 15 is 0 Å². The van der Waals surface area contributed by atoms with Gasteiger partial charge in [0, 0.05) is 13.2 Å². The zero-order valence-electron chi connectivity index (χ0n) is 13.7. The minimum atomic E-state index is -0.106. The summed E-state index contributed by atoms with van der Waals surface area (Å²) >= 11 is 0. The molecule has 2 amide bonds. The molecular weight excluding hydrogens is 276 g/mol. The van der Waals surface area contributed by atoms with E-state index in [-0.39, 0.29) is 24.1 Å². The molecule has 122 valence electrons. The molecule has 22 heavy (non-hydrogen) atoms. The second kappa shape index (κ2) is 7.63. The number of aryl methyl sites for hydroxylation is 1. The number of amides is 2. The zero-order valence-corrected chi connectivity index (χ0v) is 13.7. The summed E-state index contributed by atoms with van der Waals surface area (Å²) in [6.07, 6.45) is 4.63. The summed E-state index contributed by atoms with van der Waals surface area (Å²) in [5.41, 5.74) is 2.58. The van der Waals surface area contributed by atoms with Gasteiger partial charge in [-0.2, -0.15) is 0 Å². The number of nitrogens with one attached hydrogen (secondary N) is 2. The number of benzene rings is 1. The third kappa shape index (κ3) is 3.80. The molecule has 1 aliphatic rings. The van der Waals surface area contributed by atoms with Gasteiger partial charge in [0.2, 0.25) is 0 Å². The molecule has 1 atom stereocenters. The molecule has 0 spiro atoms. The second-order valence-electron chi connectivity index (χ2n) is 6.30. The maximum absolute atomic E-state index is 12.2. The van der Waals surface area contributed by atoms with Crippen molar-refractivity contribution in [1.29, 1.82) is 0 Å². The van der Waals surface area contributed by atoms with Gasteiger partial charge in [-0.1, -0.05) is 38.1 Å². The molecule has 0 heterocycles. The second-order valence-corrected chi connectivity index (χ2v) is 6.30. The molecule has 0 radical (unpaired) electrons. The highest BCUT2D eigenvalue weighted by molar-refractivity contribution is 5.74. The van der Waals surface area contributed by atoms with Gasteiger partial charge in [-0.25, -0.2) is 4.79 Å². The number of hydrogen-bond acceptors (Lipinski definition) is 2. The van der Waals surface area contributed by atoms with E-state index in [4.69, 9.17) is 0 Å². The van der Waals surface area contributed by atoms with E-state index in [2.05, 4.69) is 36.6 Å². The lowest BCUT2D eigenvalue weighted by Crippen LogP contribution is -2.43. The van der Waals surface area contributed by atoms with Crippen molar-refractivity contribution in [2.45, 2.75) is 52.0 Å². The molecule has 0 fully saturated rings. The summed E-state index contributed by atoms with van der Waals surface area (Å²) in [6.45, 7) is 5.01. The first-order valence-electron chi connectivity index (χ1n) is 8.37. The number of aliphatic hydroxyl groups excluding tert-OH is 1. The van der Waals surface area contributed by atoms with Crippen molar-refractivity contribution in [3.63, 3.8) is 0 Å². The third-order valence-corrected chi connectivity index (χ3v) is 5.20. The number of carbonyl (C=O) groups excluding carboxylic acids is 1. The quantitative estimate of drug-likeness (QED) is 0.724. The Kier molecular flexibility index (Phi) is 5.83. The van der Waals surface area contributed by atoms with Crippen LogP contribution in [0.4, 0.5) is 4.79 Å². The van der Waals surface area contributed by atoms with E-state index < -0.39 is 0 Å². The lowest BCUT2D eigenvalue weighted by molar-refractivity contribution is 0.162. The number of fused-ring (bicyclic) bond motifs is 1. The smallest absolute Gasteiger partial charge is 0.315 e. The summed E-state index contributed by atoms with van der Waals surface area (Å²) in [6, 6.07) is 8.32. The van der Waals surface area contributed by atoms with Gasteiger partial charge < -0.3 is 15.7 Å². The van der Waals surface area contributed by atoms with Crippen molar-refractivity contribution in [2.24, 2.45) is 5.41 Å². The number of urea groups is 1. The van der Waals surface area contributed by atoms with Gasteiger partial charge in [0.15, 0.2) is 0 Å². The van der Waals surface area contributed by atoms with Gasteiger partial charge >= 0.3 is 6.03 Å². The molecule has 0 saturated carbocycles. The molecule has 0 aliphatic heterocycles. The molecule has 1 unspecified atom stereocenters. The summed E-state index contributed by atoms with van der Waals surface area (Å²) in [4.78, 5) is 12.2. The third-order valence-electron chi connectivity index (χ3n) is 5.20. The monoisotopic (exact) mass is 304 g/mol. The highest BCUT2D eigenvalue weighted by Crippen LogP contribution is 2.31. The highest BCUT2D eigenvalue weighted by atomic mass is 16.3. The SMILES string of the molecule is CCC(CC)(CCO)CNC(=O)NC1CCc2ccccc21. The molecule has 3 N–H and O–H groups in total. The van der Waals surface area contributed by atoms with Crippen LogP contribution < -0.4 is 10.6 Å². The van der Waals surface area contributed by atoms with E-state index in [1.54, 1.807) is 0 Å². The van der Waals surface area contributed by atoms with Crippen LogP contribution in [0.1, 0.15) is 56.7 Å². The summed E-state index contributed by atoms with van der Waals surface area (Å²) in [7, 11) is 0. The predicted octanol–water partition coefficient (Wildman–Crippen LogP) is 3.16. The Morgan fingerprint density at radius 1 is 1.32 bits per heavy atom. The van der Waals surface area contributed by atoms with E-state index in [0.29, 0.717) is 6.54 Å². The molecule has 0 aromatic heterocycles. The van der Waals surface area contributed by atoms with Crippen molar-refractivity contribution in [3.8, 4) is 0 Å². The molecular formula is C18H28N2O2. The molecule has 1 aromatic rings. The van der Waals surface area contributed by atoms with Crippen molar-refractivity contribution in [1.82, 2.24) is 10.6 Å². The Hall–Kier alpha value is -1.55. The predicted molar refractivity (Wildman–Crippen MR) is 88.8 cm³/mol. The van der Waals surface area contributed by atoms with Crippen LogP contribution in [0.5, 0.6) is 0 Å². The Morgan fingerprint density at radius 2 is 2.05 bits per heavy atom. The maximum Gasteiger partial charge on any atom is 0.315 e. The molecule has 4 nitrogen and oxygen atoms in total. The van der Waals surface area contributed by atoms with E-state index in [1.165, 1.54) is 11.1 Å². The fourth-order valence-electron chi connectivity index (χ4n) is 3.36. The largest absolute Gasteiger partial charge is 0.396 e. The molecule has 1 aromatic carbocycles. The Labute approximate surface area is 133 Å². The Bertz CT molecular complexity index is 498. The van der Waals surface area contributed by atoms with Crippen molar-refractivity contribution in [2.75, 3.05) is 13.2 Å². The Balaban J connectivity index is 1.89. The average molecular weight is 304 g/mol. The topological polar surface area (TPSA) is 61.4 Å². The zero-order chi connectivity index (χ0) is 16.0. The molecule has 1 aliphatic carbocycles. The van der Waals surface area contributed by atoms with Crippen LogP contribution in [0, 0.1) is 5.41 Å². The van der Waals surface area contributed by atoms with Crippen molar-refractivity contribution < 1.29 is 9.90 Å². The van der Waals surface area contributed by atoms with E-state index in [0.717, 1.165) is 32.1 Å². The average Bonchev–Trinajstić information content (AvgIpc) is 2.95. The normalized spacial score (nSPS) is 17.1. The number of carbonyl (C=O) groups is 1. The van der Waals surface area contributed by atoms with Crippen LogP contribution in [0.2, 0.25) is 0 Å². The van der Waals surface area contributed by atoms with Crippen molar-refractivity contribution >= 4 is 6.03 Å². The van der Waals surface area contributed by atoms with Gasteiger partial charge in [-0.3, -0.25) is 0 Å². The first kappa shape index (κ1) is 16.8. The van der Waals surface area contributed by atoms with Crippen molar-refractivity contribution in [3.05, 3.63) is 35.4 Å².